The van der Waals surface area contributed by atoms with E-state index in [0.717, 1.165) is 44.2 Å². The van der Waals surface area contributed by atoms with Gasteiger partial charge < -0.3 is 14.9 Å². The molecule has 2 atom stereocenters. The molecule has 3 heterocycles. The average molecular weight is 430 g/mol. The monoisotopic (exact) mass is 429 g/mol. The summed E-state index contributed by atoms with van der Waals surface area (Å²) in [5.74, 6) is 0. The van der Waals surface area contributed by atoms with E-state index in [4.69, 9.17) is 11.6 Å². The number of anilines is 2. The van der Waals surface area contributed by atoms with Crippen LogP contribution in [0.4, 0.5) is 11.4 Å². The summed E-state index contributed by atoms with van der Waals surface area (Å²) in [7, 11) is 0. The number of hydrogen-bond donors (Lipinski definition) is 1. The van der Waals surface area contributed by atoms with Crippen molar-refractivity contribution in [3.8, 4) is 0 Å². The van der Waals surface area contributed by atoms with Gasteiger partial charge in [0.2, 0.25) is 0 Å². The second-order valence-corrected chi connectivity index (χ2v) is 9.81. The van der Waals surface area contributed by atoms with Crippen molar-refractivity contribution in [2.24, 2.45) is 0 Å². The van der Waals surface area contributed by atoms with Gasteiger partial charge in [-0.15, -0.1) is 0 Å². The molecule has 0 aliphatic carbocycles. The Balaban J connectivity index is 1.27. The molecule has 0 aromatic heterocycles. The van der Waals surface area contributed by atoms with Crippen LogP contribution in [0.2, 0.25) is 5.02 Å². The number of nitrogens with zero attached hydrogens (tertiary/aromatic N) is 3. The number of para-hydroxylation sites is 1. The third kappa shape index (κ3) is 3.91. The van der Waals surface area contributed by atoms with E-state index in [-0.39, 0.29) is 6.61 Å². The fraction of sp³-hybridized carbons (Fsp3) is 0.478. The minimum Gasteiger partial charge on any atom is -0.395 e. The zero-order valence-electron chi connectivity index (χ0n) is 16.6. The number of aliphatic hydroxyl groups is 1. The van der Waals surface area contributed by atoms with E-state index < -0.39 is 0 Å². The second kappa shape index (κ2) is 8.48. The number of rotatable bonds is 6. The largest absolute Gasteiger partial charge is 0.395 e. The maximum absolute atomic E-state index is 9.34. The molecular weight excluding hydrogens is 402 g/mol. The van der Waals surface area contributed by atoms with Crippen molar-refractivity contribution in [1.29, 1.82) is 0 Å². The summed E-state index contributed by atoms with van der Waals surface area (Å²) in [6.45, 7) is 5.53. The summed E-state index contributed by atoms with van der Waals surface area (Å²) in [5.41, 5.74) is 2.52. The van der Waals surface area contributed by atoms with E-state index in [1.165, 1.54) is 34.0 Å². The molecular formula is C23H28ClN3OS. The highest BCUT2D eigenvalue weighted by molar-refractivity contribution is 7.99. The lowest BCUT2D eigenvalue weighted by atomic mass is 10.1. The van der Waals surface area contributed by atoms with Gasteiger partial charge in [-0.05, 0) is 56.1 Å². The van der Waals surface area contributed by atoms with E-state index in [1.807, 2.05) is 17.8 Å². The van der Waals surface area contributed by atoms with Gasteiger partial charge in [-0.3, -0.25) is 4.90 Å². The smallest absolute Gasteiger partial charge is 0.0567 e. The molecule has 1 N–H and O–H groups in total. The topological polar surface area (TPSA) is 30.0 Å². The Labute approximate surface area is 182 Å². The van der Waals surface area contributed by atoms with Crippen LogP contribution in [0.5, 0.6) is 0 Å². The molecule has 2 bridgehead atoms. The Morgan fingerprint density at radius 1 is 0.931 bits per heavy atom. The summed E-state index contributed by atoms with van der Waals surface area (Å²) >= 11 is 8.17. The Morgan fingerprint density at radius 2 is 1.69 bits per heavy atom. The third-order valence-corrected chi connectivity index (χ3v) is 7.88. The summed E-state index contributed by atoms with van der Waals surface area (Å²) in [6.07, 6.45) is 3.69. The molecule has 29 heavy (non-hydrogen) atoms. The maximum atomic E-state index is 9.34. The molecule has 0 saturated carbocycles. The van der Waals surface area contributed by atoms with Crippen LogP contribution < -0.4 is 4.90 Å². The van der Waals surface area contributed by atoms with Crippen molar-refractivity contribution in [3.05, 3.63) is 47.5 Å². The minimum atomic E-state index is 0.279. The highest BCUT2D eigenvalue weighted by atomic mass is 35.5. The number of aliphatic hydroxyl groups excluding tert-OH is 1. The van der Waals surface area contributed by atoms with Crippen LogP contribution in [-0.2, 0) is 0 Å². The van der Waals surface area contributed by atoms with Crippen molar-refractivity contribution < 1.29 is 5.11 Å². The lowest BCUT2D eigenvalue weighted by Gasteiger charge is -2.41. The Bertz CT molecular complexity index is 865. The van der Waals surface area contributed by atoms with Crippen molar-refractivity contribution in [3.63, 3.8) is 0 Å². The van der Waals surface area contributed by atoms with E-state index in [9.17, 15) is 5.11 Å². The molecule has 3 aliphatic rings. The van der Waals surface area contributed by atoms with Crippen LogP contribution in [-0.4, -0.2) is 66.3 Å². The summed E-state index contributed by atoms with van der Waals surface area (Å²) in [6, 6.07) is 16.2. The molecule has 154 valence electrons. The van der Waals surface area contributed by atoms with Gasteiger partial charge in [0.25, 0.3) is 0 Å². The van der Waals surface area contributed by atoms with Crippen molar-refractivity contribution in [2.75, 3.05) is 44.2 Å². The van der Waals surface area contributed by atoms with Crippen LogP contribution in [0.1, 0.15) is 19.3 Å². The third-order valence-electron chi connectivity index (χ3n) is 6.51. The van der Waals surface area contributed by atoms with Crippen LogP contribution in [0.25, 0.3) is 0 Å². The zero-order valence-corrected chi connectivity index (χ0v) is 18.2. The predicted molar refractivity (Wildman–Crippen MR) is 121 cm³/mol. The number of benzene rings is 2. The second-order valence-electron chi connectivity index (χ2n) is 8.29. The SMILES string of the molecule is OCCN1C2CCC1CN(CCCN1c3ccccc3Sc3ccc(Cl)cc31)C2. The van der Waals surface area contributed by atoms with Crippen LogP contribution in [0.15, 0.2) is 52.3 Å². The molecule has 6 heteroatoms. The molecule has 2 aromatic carbocycles. The lowest BCUT2D eigenvalue weighted by Crippen LogP contribution is -2.54. The predicted octanol–water partition coefficient (Wildman–Crippen LogP) is 4.47. The standard InChI is InChI=1S/C23H28ClN3OS/c24-17-6-9-23-21(14-17)27(20-4-1-2-5-22(20)29-23)11-3-10-25-15-18-7-8-19(16-25)26(18)12-13-28/h1-2,4-6,9,14,18-19,28H,3,7-8,10-13,15-16H2. The van der Waals surface area contributed by atoms with Gasteiger partial charge in [0.1, 0.15) is 0 Å². The van der Waals surface area contributed by atoms with Gasteiger partial charge in [-0.1, -0.05) is 35.5 Å². The fourth-order valence-electron chi connectivity index (χ4n) is 5.24. The summed E-state index contributed by atoms with van der Waals surface area (Å²) in [5, 5.41) is 10.1. The van der Waals surface area contributed by atoms with E-state index in [1.54, 1.807) is 0 Å². The molecule has 2 fully saturated rings. The molecule has 2 aromatic rings. The number of halogens is 1. The van der Waals surface area contributed by atoms with Crippen molar-refractivity contribution in [1.82, 2.24) is 9.80 Å². The van der Waals surface area contributed by atoms with Crippen LogP contribution in [0.3, 0.4) is 0 Å². The maximum Gasteiger partial charge on any atom is 0.0567 e. The zero-order chi connectivity index (χ0) is 19.8. The molecule has 2 unspecified atom stereocenters. The van der Waals surface area contributed by atoms with Crippen molar-refractivity contribution >= 4 is 34.7 Å². The van der Waals surface area contributed by atoms with Gasteiger partial charge in [0.05, 0.1) is 18.0 Å². The Kier molecular flexibility index (Phi) is 5.76. The first-order valence-corrected chi connectivity index (χ1v) is 11.9. The van der Waals surface area contributed by atoms with Crippen LogP contribution >= 0.6 is 23.4 Å². The number of piperazine rings is 1. The number of fused-ring (bicyclic) bond motifs is 4. The van der Waals surface area contributed by atoms with Gasteiger partial charge in [-0.2, -0.15) is 0 Å². The first kappa shape index (κ1) is 19.7. The van der Waals surface area contributed by atoms with Gasteiger partial charge in [-0.25, -0.2) is 0 Å². The number of likely N-dealkylation sites (tertiary alicyclic amines) is 1. The van der Waals surface area contributed by atoms with Gasteiger partial charge in [0.15, 0.2) is 0 Å². The summed E-state index contributed by atoms with van der Waals surface area (Å²) in [4.78, 5) is 10.2. The van der Waals surface area contributed by atoms with Gasteiger partial charge in [0, 0.05) is 53.1 Å². The molecule has 4 nitrogen and oxygen atoms in total. The molecule has 0 amide bonds. The highest BCUT2D eigenvalue weighted by Crippen LogP contribution is 2.48. The van der Waals surface area contributed by atoms with Crippen LogP contribution in [0, 0.1) is 0 Å². The molecule has 0 spiro atoms. The molecule has 2 saturated heterocycles. The average Bonchev–Trinajstić information content (AvgIpc) is 2.96. The van der Waals surface area contributed by atoms with E-state index >= 15 is 0 Å². The minimum absolute atomic E-state index is 0.279. The molecule has 5 rings (SSSR count). The Hall–Kier alpha value is -1.24. The molecule has 0 radical (unpaired) electrons. The lowest BCUT2D eigenvalue weighted by molar-refractivity contribution is 0.0530. The highest BCUT2D eigenvalue weighted by Gasteiger charge is 2.39. The van der Waals surface area contributed by atoms with E-state index in [2.05, 4.69) is 51.1 Å². The fourth-order valence-corrected chi connectivity index (χ4v) is 6.48. The molecule has 3 aliphatic heterocycles. The number of hydrogen-bond acceptors (Lipinski definition) is 5. The first-order chi connectivity index (χ1) is 14.2. The normalized spacial score (nSPS) is 23.9. The first-order valence-electron chi connectivity index (χ1n) is 10.7. The quantitative estimate of drug-likeness (QED) is 0.731. The van der Waals surface area contributed by atoms with Crippen molar-refractivity contribution in [2.45, 2.75) is 41.1 Å². The van der Waals surface area contributed by atoms with Gasteiger partial charge >= 0.3 is 0 Å². The summed E-state index contributed by atoms with van der Waals surface area (Å²) < 4.78 is 0. The van der Waals surface area contributed by atoms with E-state index in [0.29, 0.717) is 12.1 Å². The Morgan fingerprint density at radius 3 is 2.48 bits per heavy atom.